The molecule has 2 aliphatic rings. The maximum Gasteiger partial charge on any atom is 0.315 e. The Morgan fingerprint density at radius 1 is 1.09 bits per heavy atom. The summed E-state index contributed by atoms with van der Waals surface area (Å²) in [6, 6.07) is 0.690. The van der Waals surface area contributed by atoms with Crippen LogP contribution in [0.1, 0.15) is 33.1 Å². The second-order valence-electron chi connectivity index (χ2n) is 6.66. The van der Waals surface area contributed by atoms with E-state index in [-0.39, 0.29) is 24.7 Å². The summed E-state index contributed by atoms with van der Waals surface area (Å²) in [5.41, 5.74) is 0. The molecule has 2 heterocycles. The normalized spacial score (nSPS) is 25.1. The highest BCUT2D eigenvalue weighted by Gasteiger charge is 2.27. The van der Waals surface area contributed by atoms with Crippen LogP contribution in [0, 0.1) is 0 Å². The fourth-order valence-corrected chi connectivity index (χ4v) is 3.24. The molecule has 2 rings (SSSR count). The van der Waals surface area contributed by atoms with Crippen molar-refractivity contribution < 1.29 is 13.6 Å². The first-order valence-corrected chi connectivity index (χ1v) is 8.25. The minimum Gasteiger partial charge on any atom is -0.335 e. The van der Waals surface area contributed by atoms with Crippen molar-refractivity contribution >= 4 is 6.03 Å². The summed E-state index contributed by atoms with van der Waals surface area (Å²) >= 11 is 0. The monoisotopic (exact) mass is 318 g/mol. The van der Waals surface area contributed by atoms with Crippen LogP contribution in [0.3, 0.4) is 0 Å². The highest BCUT2D eigenvalue weighted by atomic mass is 19.3. The van der Waals surface area contributed by atoms with Crippen molar-refractivity contribution in [3.63, 3.8) is 0 Å². The quantitative estimate of drug-likeness (QED) is 0.807. The summed E-state index contributed by atoms with van der Waals surface area (Å²) in [5, 5.41) is 6.01. The minimum atomic E-state index is -2.28. The zero-order valence-electron chi connectivity index (χ0n) is 13.5. The third kappa shape index (κ3) is 5.35. The second kappa shape index (κ2) is 8.06. The van der Waals surface area contributed by atoms with E-state index in [1.54, 1.807) is 4.90 Å². The lowest BCUT2D eigenvalue weighted by Crippen LogP contribution is -2.51. The predicted octanol–water partition coefficient (Wildman–Crippen LogP) is 1.50. The number of halogens is 2. The lowest BCUT2D eigenvalue weighted by Gasteiger charge is -2.32. The van der Waals surface area contributed by atoms with Crippen LogP contribution in [0.25, 0.3) is 0 Å². The Bertz CT molecular complexity index is 359. The van der Waals surface area contributed by atoms with Gasteiger partial charge in [0, 0.05) is 44.3 Å². The van der Waals surface area contributed by atoms with Gasteiger partial charge in [0.2, 0.25) is 0 Å². The van der Waals surface area contributed by atoms with Gasteiger partial charge in [0.1, 0.15) is 0 Å². The number of rotatable bonds is 5. The molecule has 22 heavy (non-hydrogen) atoms. The minimum absolute atomic E-state index is 0.0940. The molecule has 0 aromatic heterocycles. The third-order valence-electron chi connectivity index (χ3n) is 4.60. The van der Waals surface area contributed by atoms with Crippen LogP contribution in [0.4, 0.5) is 13.6 Å². The molecule has 0 aliphatic carbocycles. The van der Waals surface area contributed by atoms with E-state index >= 15 is 0 Å². The molecular weight excluding hydrogens is 290 g/mol. The van der Waals surface area contributed by atoms with Crippen LogP contribution in [-0.4, -0.2) is 73.1 Å². The van der Waals surface area contributed by atoms with Gasteiger partial charge in [0.25, 0.3) is 6.43 Å². The van der Waals surface area contributed by atoms with Crippen molar-refractivity contribution in [2.45, 2.75) is 57.7 Å². The summed E-state index contributed by atoms with van der Waals surface area (Å²) in [6.07, 6.45) is 0.184. The Labute approximate surface area is 131 Å². The molecule has 2 amide bonds. The van der Waals surface area contributed by atoms with E-state index in [1.165, 1.54) is 0 Å². The molecule has 1 unspecified atom stereocenters. The maximum absolute atomic E-state index is 12.3. The average Bonchev–Trinajstić information content (AvgIpc) is 2.89. The van der Waals surface area contributed by atoms with Crippen LogP contribution in [0.15, 0.2) is 0 Å². The summed E-state index contributed by atoms with van der Waals surface area (Å²) in [6.45, 7) is 7.34. The molecule has 2 fully saturated rings. The van der Waals surface area contributed by atoms with Crippen LogP contribution < -0.4 is 10.6 Å². The first kappa shape index (κ1) is 17.4. The number of nitrogens with zero attached hydrogens (tertiary/aromatic N) is 2. The molecule has 128 valence electrons. The van der Waals surface area contributed by atoms with Gasteiger partial charge >= 0.3 is 6.03 Å². The molecule has 2 aliphatic heterocycles. The van der Waals surface area contributed by atoms with Crippen molar-refractivity contribution in [3.05, 3.63) is 0 Å². The Hall–Kier alpha value is -0.950. The Morgan fingerprint density at radius 3 is 2.23 bits per heavy atom. The molecule has 0 aromatic rings. The molecule has 0 saturated carbocycles. The molecule has 0 aromatic carbocycles. The van der Waals surface area contributed by atoms with Gasteiger partial charge in [-0.05, 0) is 33.1 Å². The van der Waals surface area contributed by atoms with E-state index in [9.17, 15) is 13.6 Å². The molecule has 2 N–H and O–H groups in total. The van der Waals surface area contributed by atoms with Gasteiger partial charge in [-0.2, -0.15) is 0 Å². The number of hydrogen-bond acceptors (Lipinski definition) is 3. The maximum atomic E-state index is 12.3. The van der Waals surface area contributed by atoms with Crippen LogP contribution >= 0.6 is 0 Å². The van der Waals surface area contributed by atoms with Crippen molar-refractivity contribution in [3.8, 4) is 0 Å². The summed E-state index contributed by atoms with van der Waals surface area (Å²) in [5.74, 6) is 0. The number of amides is 2. The number of likely N-dealkylation sites (tertiary alicyclic amines) is 2. The van der Waals surface area contributed by atoms with Crippen molar-refractivity contribution in [1.82, 2.24) is 20.4 Å². The summed E-state index contributed by atoms with van der Waals surface area (Å²) < 4.78 is 24.6. The van der Waals surface area contributed by atoms with Gasteiger partial charge in [-0.3, -0.25) is 9.80 Å². The number of urea groups is 1. The van der Waals surface area contributed by atoms with Crippen molar-refractivity contribution in [2.75, 3.05) is 32.7 Å². The Balaban J connectivity index is 1.64. The van der Waals surface area contributed by atoms with Gasteiger partial charge in [0.05, 0.1) is 6.54 Å². The highest BCUT2D eigenvalue weighted by molar-refractivity contribution is 5.74. The smallest absolute Gasteiger partial charge is 0.315 e. The van der Waals surface area contributed by atoms with E-state index in [4.69, 9.17) is 0 Å². The van der Waals surface area contributed by atoms with Gasteiger partial charge in [-0.1, -0.05) is 0 Å². The predicted molar refractivity (Wildman–Crippen MR) is 82.2 cm³/mol. The van der Waals surface area contributed by atoms with Gasteiger partial charge in [0.15, 0.2) is 0 Å². The number of alkyl halides is 2. The first-order chi connectivity index (χ1) is 10.4. The fraction of sp³-hybridized carbons (Fsp3) is 0.933. The van der Waals surface area contributed by atoms with E-state index in [0.29, 0.717) is 19.1 Å². The number of hydrogen-bond donors (Lipinski definition) is 2. The molecular formula is C15H28F2N4O. The van der Waals surface area contributed by atoms with E-state index in [2.05, 4.69) is 29.4 Å². The Kier molecular flexibility index (Phi) is 6.37. The van der Waals surface area contributed by atoms with E-state index < -0.39 is 6.43 Å². The van der Waals surface area contributed by atoms with Gasteiger partial charge < -0.3 is 10.6 Å². The topological polar surface area (TPSA) is 47.6 Å². The lowest BCUT2D eigenvalue weighted by atomic mass is 10.1. The first-order valence-electron chi connectivity index (χ1n) is 8.25. The zero-order valence-corrected chi connectivity index (χ0v) is 13.5. The van der Waals surface area contributed by atoms with Crippen molar-refractivity contribution in [2.24, 2.45) is 0 Å². The number of nitrogens with one attached hydrogen (secondary N) is 2. The van der Waals surface area contributed by atoms with Crippen LogP contribution in [-0.2, 0) is 0 Å². The average molecular weight is 318 g/mol. The zero-order chi connectivity index (χ0) is 16.1. The van der Waals surface area contributed by atoms with Gasteiger partial charge in [-0.15, -0.1) is 0 Å². The van der Waals surface area contributed by atoms with Crippen molar-refractivity contribution in [1.29, 1.82) is 0 Å². The van der Waals surface area contributed by atoms with Crippen LogP contribution in [0.5, 0.6) is 0 Å². The Morgan fingerprint density at radius 2 is 1.68 bits per heavy atom. The number of carbonyl (C=O) groups is 1. The number of piperidine rings is 1. The molecule has 0 radical (unpaired) electrons. The molecule has 0 spiro atoms. The fourth-order valence-electron chi connectivity index (χ4n) is 3.24. The molecule has 1 atom stereocenters. The summed E-state index contributed by atoms with van der Waals surface area (Å²) in [7, 11) is 0. The second-order valence-corrected chi connectivity index (χ2v) is 6.66. The highest BCUT2D eigenvalue weighted by Crippen LogP contribution is 2.14. The lowest BCUT2D eigenvalue weighted by molar-refractivity contribution is 0.0736. The third-order valence-corrected chi connectivity index (χ3v) is 4.60. The SMILES string of the molecule is CC(C)N1CCC(NC(=O)NC2CCN(CC(F)F)CC2)C1. The van der Waals surface area contributed by atoms with E-state index in [1.807, 2.05) is 0 Å². The molecule has 0 bridgehead atoms. The molecule has 7 heteroatoms. The van der Waals surface area contributed by atoms with Crippen LogP contribution in [0.2, 0.25) is 0 Å². The molecule has 5 nitrogen and oxygen atoms in total. The van der Waals surface area contributed by atoms with E-state index in [0.717, 1.165) is 32.4 Å². The number of carbonyl (C=O) groups excluding carboxylic acids is 1. The standard InChI is InChI=1S/C15H28F2N4O/c1-11(2)21-8-5-13(9-21)19-15(22)18-12-3-6-20(7-4-12)10-14(16)17/h11-14H,3-10H2,1-2H3,(H2,18,19,22). The van der Waals surface area contributed by atoms with Gasteiger partial charge in [-0.25, -0.2) is 13.6 Å². The largest absolute Gasteiger partial charge is 0.335 e. The summed E-state index contributed by atoms with van der Waals surface area (Å²) in [4.78, 5) is 16.1. The molecule has 2 saturated heterocycles.